The molecule has 2 N–H and O–H groups in total. The first-order valence-electron chi connectivity index (χ1n) is 10.4. The quantitative estimate of drug-likeness (QED) is 0.203. The van der Waals surface area contributed by atoms with Gasteiger partial charge < -0.3 is 24.7 Å². The van der Waals surface area contributed by atoms with Gasteiger partial charge in [0.2, 0.25) is 0 Å². The zero-order valence-corrected chi connectivity index (χ0v) is 21.8. The summed E-state index contributed by atoms with van der Waals surface area (Å²) in [7, 11) is 0. The summed E-state index contributed by atoms with van der Waals surface area (Å²) < 4.78 is 24.0. The topological polar surface area (TPSA) is 106 Å². The summed E-state index contributed by atoms with van der Waals surface area (Å²) in [5.74, 6) is 1.14. The van der Waals surface area contributed by atoms with E-state index in [2.05, 4.69) is 22.6 Å². The van der Waals surface area contributed by atoms with Gasteiger partial charge in [0, 0.05) is 38.9 Å². The maximum Gasteiger partial charge on any atom is 0.311 e. The molecule has 2 aliphatic heterocycles. The van der Waals surface area contributed by atoms with E-state index in [1.807, 2.05) is 46.9 Å². The van der Waals surface area contributed by atoms with Crippen molar-refractivity contribution in [3.05, 3.63) is 53.7 Å². The van der Waals surface area contributed by atoms with Crippen LogP contribution in [-0.4, -0.2) is 43.6 Å². The average Bonchev–Trinajstić information content (AvgIpc) is 2.79. The first-order valence-corrected chi connectivity index (χ1v) is 12.6. The van der Waals surface area contributed by atoms with Crippen LogP contribution < -0.4 is 15.2 Å². The van der Waals surface area contributed by atoms with Crippen molar-refractivity contribution >= 4 is 56.6 Å². The molecule has 2 saturated heterocycles. The molecule has 0 unspecified atom stereocenters. The number of nitrogen functional groups attached to an aromatic ring is 1. The molecular formula is C22H26I2N2O6. The highest BCUT2D eigenvalue weighted by Gasteiger charge is 2.21. The van der Waals surface area contributed by atoms with E-state index in [-0.39, 0.29) is 17.9 Å². The Labute approximate surface area is 214 Å². The molecule has 10 heteroatoms. The first kappa shape index (κ1) is 25.2. The van der Waals surface area contributed by atoms with Gasteiger partial charge in [-0.25, -0.2) is 0 Å². The Hall–Kier alpha value is -1.38. The molecular weight excluding hydrogens is 642 g/mol. The standard InChI is InChI=1S/C11H12INO4.C11H14INO2/c12-8-1-2-11(10(7-8)13(14)15)17-9-3-5-16-6-4-9;12-8-1-2-11(10(13)7-8)15-9-3-5-14-6-4-9/h1-2,7,9H,3-6H2;1-2,7,9H,3-6,13H2. The number of hydrogen-bond donors (Lipinski definition) is 1. The van der Waals surface area contributed by atoms with Crippen molar-refractivity contribution in [2.75, 3.05) is 32.2 Å². The summed E-state index contributed by atoms with van der Waals surface area (Å²) >= 11 is 4.28. The summed E-state index contributed by atoms with van der Waals surface area (Å²) in [5.41, 5.74) is 6.62. The number of hydrogen-bond acceptors (Lipinski definition) is 7. The summed E-state index contributed by atoms with van der Waals surface area (Å²) in [6.45, 7) is 2.88. The number of halogens is 2. The molecule has 4 rings (SSSR count). The zero-order valence-electron chi connectivity index (χ0n) is 17.5. The highest BCUT2D eigenvalue weighted by Crippen LogP contribution is 2.31. The molecule has 0 spiro atoms. The second kappa shape index (κ2) is 12.8. The van der Waals surface area contributed by atoms with Crippen molar-refractivity contribution in [1.82, 2.24) is 0 Å². The SMILES string of the molecule is Nc1cc(I)ccc1OC1CCOCC1.O=[N+]([O-])c1cc(I)ccc1OC1CCOCC1. The number of nitro benzene ring substituents is 1. The lowest BCUT2D eigenvalue weighted by molar-refractivity contribution is -0.386. The van der Waals surface area contributed by atoms with E-state index >= 15 is 0 Å². The smallest absolute Gasteiger partial charge is 0.311 e. The molecule has 2 aromatic rings. The molecule has 2 aliphatic rings. The third-order valence-corrected chi connectivity index (χ3v) is 6.36. The molecule has 0 atom stereocenters. The third kappa shape index (κ3) is 7.89. The highest BCUT2D eigenvalue weighted by atomic mass is 127. The second-order valence-corrected chi connectivity index (χ2v) is 9.90. The van der Waals surface area contributed by atoms with Crippen molar-refractivity contribution in [2.45, 2.75) is 37.9 Å². The van der Waals surface area contributed by atoms with E-state index in [1.54, 1.807) is 6.07 Å². The zero-order chi connectivity index (χ0) is 22.9. The minimum atomic E-state index is -0.406. The summed E-state index contributed by atoms with van der Waals surface area (Å²) in [6.07, 6.45) is 3.73. The van der Waals surface area contributed by atoms with Crippen molar-refractivity contribution in [3.63, 3.8) is 0 Å². The number of nitro groups is 1. The van der Waals surface area contributed by atoms with E-state index < -0.39 is 4.92 Å². The molecule has 0 radical (unpaired) electrons. The van der Waals surface area contributed by atoms with Gasteiger partial charge in [0.25, 0.3) is 0 Å². The van der Waals surface area contributed by atoms with E-state index in [0.717, 1.165) is 51.8 Å². The van der Waals surface area contributed by atoms with Gasteiger partial charge in [-0.3, -0.25) is 10.1 Å². The van der Waals surface area contributed by atoms with Crippen LogP contribution in [0.4, 0.5) is 11.4 Å². The predicted molar refractivity (Wildman–Crippen MR) is 138 cm³/mol. The van der Waals surface area contributed by atoms with E-state index in [1.165, 1.54) is 6.07 Å². The number of ether oxygens (including phenoxy) is 4. The van der Waals surface area contributed by atoms with Crippen LogP contribution in [0.25, 0.3) is 0 Å². The average molecular weight is 668 g/mol. The number of rotatable bonds is 5. The fourth-order valence-electron chi connectivity index (χ4n) is 3.31. The van der Waals surface area contributed by atoms with Crippen molar-refractivity contribution in [3.8, 4) is 11.5 Å². The van der Waals surface area contributed by atoms with Crippen molar-refractivity contribution in [1.29, 1.82) is 0 Å². The lowest BCUT2D eigenvalue weighted by Crippen LogP contribution is -2.26. The van der Waals surface area contributed by atoms with Crippen molar-refractivity contribution < 1.29 is 23.9 Å². The largest absolute Gasteiger partial charge is 0.488 e. The number of nitrogens with zero attached hydrogens (tertiary/aromatic N) is 1. The van der Waals surface area contributed by atoms with Crippen LogP contribution in [0.2, 0.25) is 0 Å². The Kier molecular flexibility index (Phi) is 10.1. The van der Waals surface area contributed by atoms with E-state index in [4.69, 9.17) is 24.7 Å². The van der Waals surface area contributed by atoms with Gasteiger partial charge in [-0.05, 0) is 75.5 Å². The molecule has 8 nitrogen and oxygen atoms in total. The second-order valence-electron chi connectivity index (χ2n) is 7.41. The maximum atomic E-state index is 10.9. The van der Waals surface area contributed by atoms with E-state index in [9.17, 15) is 10.1 Å². The monoisotopic (exact) mass is 668 g/mol. The Morgan fingerprint density at radius 1 is 0.844 bits per heavy atom. The number of benzene rings is 2. The first-order chi connectivity index (χ1) is 15.4. The fraction of sp³-hybridized carbons (Fsp3) is 0.455. The Morgan fingerprint density at radius 2 is 1.31 bits per heavy atom. The Bertz CT molecular complexity index is 902. The summed E-state index contributed by atoms with van der Waals surface area (Å²) in [4.78, 5) is 10.5. The minimum Gasteiger partial charge on any atom is -0.488 e. The van der Waals surface area contributed by atoms with Crippen LogP contribution in [-0.2, 0) is 9.47 Å². The van der Waals surface area contributed by atoms with Gasteiger partial charge in [0.15, 0.2) is 5.75 Å². The molecule has 174 valence electrons. The molecule has 2 heterocycles. The van der Waals surface area contributed by atoms with Gasteiger partial charge in [-0.1, -0.05) is 0 Å². The predicted octanol–water partition coefficient (Wildman–Crippen LogP) is 5.19. The third-order valence-electron chi connectivity index (χ3n) is 5.01. The van der Waals surface area contributed by atoms with Crippen LogP contribution in [0.1, 0.15) is 25.7 Å². The number of nitrogens with two attached hydrogens (primary N) is 1. The van der Waals surface area contributed by atoms with Crippen LogP contribution >= 0.6 is 45.2 Å². The Morgan fingerprint density at radius 3 is 1.81 bits per heavy atom. The minimum absolute atomic E-state index is 0.0162. The van der Waals surface area contributed by atoms with Crippen LogP contribution in [0, 0.1) is 17.3 Å². The molecule has 0 amide bonds. The van der Waals surface area contributed by atoms with Gasteiger partial charge in [0.1, 0.15) is 18.0 Å². The van der Waals surface area contributed by atoms with Gasteiger partial charge >= 0.3 is 5.69 Å². The van der Waals surface area contributed by atoms with Gasteiger partial charge in [0.05, 0.1) is 37.0 Å². The van der Waals surface area contributed by atoms with E-state index in [0.29, 0.717) is 24.7 Å². The van der Waals surface area contributed by atoms with Crippen LogP contribution in [0.15, 0.2) is 36.4 Å². The lowest BCUT2D eigenvalue weighted by Gasteiger charge is -2.23. The molecule has 0 bridgehead atoms. The molecule has 0 aliphatic carbocycles. The number of anilines is 1. The summed E-state index contributed by atoms with van der Waals surface area (Å²) in [6, 6.07) is 10.9. The van der Waals surface area contributed by atoms with Crippen LogP contribution in [0.5, 0.6) is 11.5 Å². The van der Waals surface area contributed by atoms with Gasteiger partial charge in [-0.15, -0.1) is 0 Å². The Balaban J connectivity index is 0.000000182. The molecule has 2 fully saturated rings. The van der Waals surface area contributed by atoms with Crippen molar-refractivity contribution in [2.24, 2.45) is 0 Å². The highest BCUT2D eigenvalue weighted by molar-refractivity contribution is 14.1. The lowest BCUT2D eigenvalue weighted by atomic mass is 10.1. The van der Waals surface area contributed by atoms with Gasteiger partial charge in [-0.2, -0.15) is 0 Å². The molecule has 0 saturated carbocycles. The summed E-state index contributed by atoms with van der Waals surface area (Å²) in [5, 5.41) is 10.9. The molecule has 0 aromatic heterocycles. The van der Waals surface area contributed by atoms with Crippen LogP contribution in [0.3, 0.4) is 0 Å². The normalized spacial score (nSPS) is 17.2. The fourth-order valence-corrected chi connectivity index (χ4v) is 4.30. The molecule has 2 aromatic carbocycles. The molecule has 32 heavy (non-hydrogen) atoms. The maximum absolute atomic E-state index is 10.9.